The molecule has 80 valence electrons. The van der Waals surface area contributed by atoms with E-state index in [9.17, 15) is 4.79 Å². The van der Waals surface area contributed by atoms with Gasteiger partial charge in [0, 0.05) is 18.1 Å². The van der Waals surface area contributed by atoms with Gasteiger partial charge in [-0.1, -0.05) is 24.3 Å². The second-order valence-electron chi connectivity index (χ2n) is 4.09. The molecule has 2 heteroatoms. The Morgan fingerprint density at radius 3 is 3.00 bits per heavy atom. The van der Waals surface area contributed by atoms with Gasteiger partial charge in [0.1, 0.15) is 5.78 Å². The van der Waals surface area contributed by atoms with E-state index < -0.39 is 0 Å². The zero-order valence-electron chi connectivity index (χ0n) is 9.03. The summed E-state index contributed by atoms with van der Waals surface area (Å²) >= 11 is 1.82. The molecule has 15 heavy (non-hydrogen) atoms. The van der Waals surface area contributed by atoms with E-state index in [1.807, 2.05) is 11.8 Å². The van der Waals surface area contributed by atoms with Crippen molar-refractivity contribution in [1.82, 2.24) is 0 Å². The van der Waals surface area contributed by atoms with Crippen LogP contribution < -0.4 is 0 Å². The van der Waals surface area contributed by atoms with Gasteiger partial charge in [-0.25, -0.2) is 0 Å². The molecule has 1 fully saturated rings. The lowest BCUT2D eigenvalue weighted by atomic mass is 9.95. The molecule has 0 amide bonds. The minimum atomic E-state index is 0.187. The van der Waals surface area contributed by atoms with E-state index in [-0.39, 0.29) is 5.92 Å². The van der Waals surface area contributed by atoms with Crippen molar-refractivity contribution in [3.05, 3.63) is 35.4 Å². The maximum atomic E-state index is 11.6. The van der Waals surface area contributed by atoms with Crippen molar-refractivity contribution in [2.75, 3.05) is 6.26 Å². The first-order valence-electron chi connectivity index (χ1n) is 5.42. The number of hydrogen-bond acceptors (Lipinski definition) is 2. The molecule has 1 aromatic rings. The monoisotopic (exact) mass is 220 g/mol. The Morgan fingerprint density at radius 1 is 1.47 bits per heavy atom. The SMILES string of the molecule is CSCc1cccc(C2CCCC2=O)c1. The molecule has 0 aliphatic heterocycles. The van der Waals surface area contributed by atoms with Gasteiger partial charge >= 0.3 is 0 Å². The Morgan fingerprint density at radius 2 is 2.33 bits per heavy atom. The van der Waals surface area contributed by atoms with Crippen molar-refractivity contribution in [3.63, 3.8) is 0 Å². The van der Waals surface area contributed by atoms with Crippen molar-refractivity contribution in [1.29, 1.82) is 0 Å². The molecule has 0 N–H and O–H groups in total. The lowest BCUT2D eigenvalue weighted by Crippen LogP contribution is -2.04. The van der Waals surface area contributed by atoms with Crippen LogP contribution in [0.25, 0.3) is 0 Å². The number of carbonyl (C=O) groups excluding carboxylic acids is 1. The summed E-state index contributed by atoms with van der Waals surface area (Å²) in [6.07, 6.45) is 4.99. The summed E-state index contributed by atoms with van der Waals surface area (Å²) in [5.74, 6) is 1.65. The molecule has 0 aromatic heterocycles. The van der Waals surface area contributed by atoms with Gasteiger partial charge < -0.3 is 0 Å². The fourth-order valence-corrected chi connectivity index (χ4v) is 2.75. The molecule has 0 saturated heterocycles. The summed E-state index contributed by atoms with van der Waals surface area (Å²) in [4.78, 5) is 11.6. The number of rotatable bonds is 3. The average Bonchev–Trinajstić information content (AvgIpc) is 2.65. The van der Waals surface area contributed by atoms with Crippen molar-refractivity contribution in [2.45, 2.75) is 30.9 Å². The lowest BCUT2D eigenvalue weighted by molar-refractivity contribution is -0.118. The Labute approximate surface area is 95.3 Å². The predicted molar refractivity (Wildman–Crippen MR) is 65.3 cm³/mol. The van der Waals surface area contributed by atoms with Crippen LogP contribution in [0.15, 0.2) is 24.3 Å². The highest BCUT2D eigenvalue weighted by atomic mass is 32.2. The number of carbonyl (C=O) groups is 1. The quantitative estimate of drug-likeness (QED) is 0.776. The molecule has 1 aliphatic carbocycles. The standard InChI is InChI=1S/C13H16OS/c1-15-9-10-4-2-5-11(8-10)12-6-3-7-13(12)14/h2,4-5,8,12H,3,6-7,9H2,1H3. The minimum absolute atomic E-state index is 0.187. The van der Waals surface area contributed by atoms with Crippen LogP contribution in [0.5, 0.6) is 0 Å². The topological polar surface area (TPSA) is 17.1 Å². The molecule has 1 saturated carbocycles. The molecule has 0 spiro atoms. The Kier molecular flexibility index (Phi) is 3.47. The van der Waals surface area contributed by atoms with E-state index in [0.717, 1.165) is 25.0 Å². The van der Waals surface area contributed by atoms with Crippen molar-refractivity contribution in [2.24, 2.45) is 0 Å². The van der Waals surface area contributed by atoms with Crippen LogP contribution in [0.4, 0.5) is 0 Å². The Bertz CT molecular complexity index is 359. The second-order valence-corrected chi connectivity index (χ2v) is 4.96. The average molecular weight is 220 g/mol. The molecule has 2 rings (SSSR count). The van der Waals surface area contributed by atoms with Crippen LogP contribution >= 0.6 is 11.8 Å². The fourth-order valence-electron chi connectivity index (χ4n) is 2.23. The molecular formula is C13H16OS. The van der Waals surface area contributed by atoms with E-state index in [0.29, 0.717) is 5.78 Å². The number of ketones is 1. The van der Waals surface area contributed by atoms with Gasteiger partial charge in [0.2, 0.25) is 0 Å². The van der Waals surface area contributed by atoms with E-state index in [4.69, 9.17) is 0 Å². The molecule has 0 radical (unpaired) electrons. The summed E-state index contributed by atoms with van der Waals surface area (Å²) in [7, 11) is 0. The van der Waals surface area contributed by atoms with Gasteiger partial charge in [0.15, 0.2) is 0 Å². The largest absolute Gasteiger partial charge is 0.299 e. The van der Waals surface area contributed by atoms with Crippen LogP contribution in [0, 0.1) is 0 Å². The normalized spacial score (nSPS) is 20.9. The molecule has 1 aromatic carbocycles. The van der Waals surface area contributed by atoms with Gasteiger partial charge in [0.05, 0.1) is 0 Å². The van der Waals surface area contributed by atoms with Gasteiger partial charge in [0.25, 0.3) is 0 Å². The van der Waals surface area contributed by atoms with Gasteiger partial charge in [-0.15, -0.1) is 0 Å². The number of benzene rings is 1. The van der Waals surface area contributed by atoms with Crippen molar-refractivity contribution >= 4 is 17.5 Å². The molecule has 1 unspecified atom stereocenters. The van der Waals surface area contributed by atoms with Crippen LogP contribution in [0.1, 0.15) is 36.3 Å². The first kappa shape index (κ1) is 10.7. The minimum Gasteiger partial charge on any atom is -0.299 e. The first-order valence-corrected chi connectivity index (χ1v) is 6.81. The molecule has 0 heterocycles. The van der Waals surface area contributed by atoms with Gasteiger partial charge in [-0.05, 0) is 30.2 Å². The molecular weight excluding hydrogens is 204 g/mol. The van der Waals surface area contributed by atoms with Crippen LogP contribution in [0.2, 0.25) is 0 Å². The van der Waals surface area contributed by atoms with Crippen molar-refractivity contribution < 1.29 is 4.79 Å². The summed E-state index contributed by atoms with van der Waals surface area (Å²) < 4.78 is 0. The number of Topliss-reactive ketones (excluding diaryl/α,β-unsaturated/α-hetero) is 1. The summed E-state index contributed by atoms with van der Waals surface area (Å²) in [5.41, 5.74) is 2.56. The fraction of sp³-hybridized carbons (Fsp3) is 0.462. The van der Waals surface area contributed by atoms with Crippen LogP contribution in [-0.4, -0.2) is 12.0 Å². The zero-order chi connectivity index (χ0) is 10.7. The Balaban J connectivity index is 2.20. The summed E-state index contributed by atoms with van der Waals surface area (Å²) in [6.45, 7) is 0. The maximum absolute atomic E-state index is 11.6. The molecule has 1 atom stereocenters. The van der Waals surface area contributed by atoms with Crippen LogP contribution in [-0.2, 0) is 10.5 Å². The zero-order valence-corrected chi connectivity index (χ0v) is 9.85. The third-order valence-electron chi connectivity index (χ3n) is 2.97. The molecule has 0 bridgehead atoms. The van der Waals surface area contributed by atoms with E-state index in [2.05, 4.69) is 30.5 Å². The maximum Gasteiger partial charge on any atom is 0.140 e. The third-order valence-corrected chi connectivity index (χ3v) is 3.59. The Hall–Kier alpha value is -0.760. The van der Waals surface area contributed by atoms with E-state index in [1.165, 1.54) is 11.1 Å². The lowest BCUT2D eigenvalue weighted by Gasteiger charge is -2.09. The number of thioether (sulfide) groups is 1. The molecule has 1 aliphatic rings. The van der Waals surface area contributed by atoms with E-state index in [1.54, 1.807) is 0 Å². The molecule has 1 nitrogen and oxygen atoms in total. The van der Waals surface area contributed by atoms with Crippen molar-refractivity contribution in [3.8, 4) is 0 Å². The highest BCUT2D eigenvalue weighted by molar-refractivity contribution is 7.97. The van der Waals surface area contributed by atoms with Gasteiger partial charge in [-0.3, -0.25) is 4.79 Å². The second kappa shape index (κ2) is 4.84. The smallest absolute Gasteiger partial charge is 0.140 e. The highest BCUT2D eigenvalue weighted by Crippen LogP contribution is 2.31. The highest BCUT2D eigenvalue weighted by Gasteiger charge is 2.25. The summed E-state index contributed by atoms with van der Waals surface area (Å²) in [5, 5.41) is 0. The van der Waals surface area contributed by atoms with Crippen LogP contribution in [0.3, 0.4) is 0 Å². The number of hydrogen-bond donors (Lipinski definition) is 0. The van der Waals surface area contributed by atoms with E-state index >= 15 is 0 Å². The predicted octanol–water partition coefficient (Wildman–Crippen LogP) is 3.39. The summed E-state index contributed by atoms with van der Waals surface area (Å²) in [6, 6.07) is 8.51. The third kappa shape index (κ3) is 2.43. The first-order chi connectivity index (χ1) is 7.31. The van der Waals surface area contributed by atoms with Gasteiger partial charge in [-0.2, -0.15) is 11.8 Å².